The van der Waals surface area contributed by atoms with Crippen LogP contribution >= 0.6 is 34.5 Å². The normalized spacial score (nSPS) is 13.3. The molecule has 0 saturated heterocycles. The van der Waals surface area contributed by atoms with Gasteiger partial charge in [0.1, 0.15) is 0 Å². The van der Waals surface area contributed by atoms with Crippen LogP contribution in [0.1, 0.15) is 24.1 Å². The Balaban J connectivity index is 2.01. The quantitative estimate of drug-likeness (QED) is 0.851. The van der Waals surface area contributed by atoms with Gasteiger partial charge in [0.05, 0.1) is 13.6 Å². The molecule has 0 fully saturated rings. The lowest BCUT2D eigenvalue weighted by molar-refractivity contribution is 0.576. The Bertz CT molecular complexity index is 727. The highest BCUT2D eigenvalue weighted by atomic mass is 35.5. The Morgan fingerprint density at radius 3 is 2.38 bits per heavy atom. The average molecular weight is 365 g/mol. The van der Waals surface area contributed by atoms with E-state index in [0.717, 1.165) is 11.1 Å². The molecule has 0 aliphatic rings. The fraction of sp³-hybridized carbons (Fsp3) is 0.231. The molecule has 3 N–H and O–H groups in total. The maximum absolute atomic E-state index is 11.2. The fourth-order valence-corrected chi connectivity index (χ4v) is 3.99. The molecule has 1 heterocycles. The molecule has 114 valence electrons. The van der Waals surface area contributed by atoms with Crippen LogP contribution in [0.5, 0.6) is 0 Å². The summed E-state index contributed by atoms with van der Waals surface area (Å²) < 4.78 is 23.7. The summed E-state index contributed by atoms with van der Waals surface area (Å²) in [6, 6.07) is 8.32. The molecule has 1 aromatic heterocycles. The molecule has 0 amide bonds. The van der Waals surface area contributed by atoms with Crippen LogP contribution in [0.3, 0.4) is 0 Å². The lowest BCUT2D eigenvalue weighted by atomic mass is 10.1. The molecule has 1 aromatic carbocycles. The zero-order valence-electron chi connectivity index (χ0n) is 11.1. The molecule has 0 spiro atoms. The van der Waals surface area contributed by atoms with Crippen LogP contribution in [0.15, 0.2) is 35.2 Å². The molecule has 0 aliphatic carbocycles. The number of halogens is 2. The van der Waals surface area contributed by atoms with Gasteiger partial charge < -0.3 is 5.32 Å². The smallest absolute Gasteiger partial charge is 0.238 e. The standard InChI is InChI=1S/C13H14Cl2N2O2S2/c1-8(11-6-12(14)20-13(11)15)17-7-9-2-4-10(5-3-9)21(16,18)19/h2-6,8,17H,7H2,1H3,(H2,16,18,19). The first-order chi connectivity index (χ1) is 9.77. The number of benzene rings is 1. The van der Waals surface area contributed by atoms with Gasteiger partial charge in [0.15, 0.2) is 0 Å². The minimum absolute atomic E-state index is 0.0409. The highest BCUT2D eigenvalue weighted by molar-refractivity contribution is 7.89. The van der Waals surface area contributed by atoms with Gasteiger partial charge in [-0.1, -0.05) is 35.3 Å². The first-order valence-electron chi connectivity index (χ1n) is 6.07. The Labute approximate surface area is 137 Å². The molecule has 1 atom stereocenters. The van der Waals surface area contributed by atoms with E-state index in [-0.39, 0.29) is 10.9 Å². The van der Waals surface area contributed by atoms with Gasteiger partial charge in [0.25, 0.3) is 0 Å². The summed E-state index contributed by atoms with van der Waals surface area (Å²) in [5.41, 5.74) is 1.90. The molecule has 1 unspecified atom stereocenters. The summed E-state index contributed by atoms with van der Waals surface area (Å²) >= 11 is 13.4. The number of sulfonamides is 1. The number of nitrogens with one attached hydrogen (secondary N) is 1. The van der Waals surface area contributed by atoms with Crippen LogP contribution in [0.25, 0.3) is 0 Å². The van der Waals surface area contributed by atoms with Crippen molar-refractivity contribution >= 4 is 44.6 Å². The molecule has 2 rings (SSSR count). The van der Waals surface area contributed by atoms with E-state index in [2.05, 4.69) is 5.32 Å². The number of primary sulfonamides is 1. The monoisotopic (exact) mass is 364 g/mol. The van der Waals surface area contributed by atoms with Crippen molar-refractivity contribution in [2.24, 2.45) is 5.14 Å². The van der Waals surface area contributed by atoms with E-state index in [1.54, 1.807) is 12.1 Å². The van der Waals surface area contributed by atoms with E-state index in [4.69, 9.17) is 28.3 Å². The summed E-state index contributed by atoms with van der Waals surface area (Å²) in [4.78, 5) is 0.104. The van der Waals surface area contributed by atoms with Crippen LogP contribution in [0.4, 0.5) is 0 Å². The zero-order chi connectivity index (χ0) is 15.6. The summed E-state index contributed by atoms with van der Waals surface area (Å²) in [7, 11) is -3.65. The second-order valence-electron chi connectivity index (χ2n) is 4.57. The third-order valence-electron chi connectivity index (χ3n) is 3.01. The summed E-state index contributed by atoms with van der Waals surface area (Å²) in [6.07, 6.45) is 0. The van der Waals surface area contributed by atoms with Crippen molar-refractivity contribution in [3.05, 3.63) is 50.1 Å². The minimum atomic E-state index is -3.65. The third kappa shape index (κ3) is 4.42. The first-order valence-corrected chi connectivity index (χ1v) is 9.19. The topological polar surface area (TPSA) is 72.2 Å². The predicted molar refractivity (Wildman–Crippen MR) is 87.4 cm³/mol. The SMILES string of the molecule is CC(NCc1ccc(S(N)(=O)=O)cc1)c1cc(Cl)sc1Cl. The van der Waals surface area contributed by atoms with Gasteiger partial charge in [-0.3, -0.25) is 0 Å². The third-order valence-corrected chi connectivity index (χ3v) is 5.46. The molecule has 21 heavy (non-hydrogen) atoms. The van der Waals surface area contributed by atoms with Gasteiger partial charge in [-0.05, 0) is 36.2 Å². The summed E-state index contributed by atoms with van der Waals surface area (Å²) in [5, 5.41) is 8.37. The zero-order valence-corrected chi connectivity index (χ0v) is 14.3. The highest BCUT2D eigenvalue weighted by Gasteiger charge is 2.13. The Morgan fingerprint density at radius 2 is 1.90 bits per heavy atom. The van der Waals surface area contributed by atoms with Crippen molar-refractivity contribution in [2.45, 2.75) is 24.4 Å². The van der Waals surface area contributed by atoms with Crippen LogP contribution < -0.4 is 10.5 Å². The molecular weight excluding hydrogens is 351 g/mol. The van der Waals surface area contributed by atoms with Crippen LogP contribution in [-0.2, 0) is 16.6 Å². The van der Waals surface area contributed by atoms with E-state index in [1.807, 2.05) is 13.0 Å². The molecule has 0 radical (unpaired) electrons. The Hall–Kier alpha value is -0.630. The van der Waals surface area contributed by atoms with Crippen molar-refractivity contribution in [3.8, 4) is 0 Å². The van der Waals surface area contributed by atoms with Gasteiger partial charge in [0.2, 0.25) is 10.0 Å². The van der Waals surface area contributed by atoms with E-state index < -0.39 is 10.0 Å². The molecule has 0 aliphatic heterocycles. The highest BCUT2D eigenvalue weighted by Crippen LogP contribution is 2.34. The lowest BCUT2D eigenvalue weighted by Gasteiger charge is -2.13. The molecule has 0 saturated carbocycles. The van der Waals surface area contributed by atoms with Crippen molar-refractivity contribution in [3.63, 3.8) is 0 Å². The van der Waals surface area contributed by atoms with Gasteiger partial charge in [-0.25, -0.2) is 13.6 Å². The molecule has 8 heteroatoms. The molecule has 0 bridgehead atoms. The fourth-order valence-electron chi connectivity index (χ4n) is 1.83. The van der Waals surface area contributed by atoms with Crippen molar-refractivity contribution in [1.29, 1.82) is 0 Å². The van der Waals surface area contributed by atoms with Gasteiger partial charge >= 0.3 is 0 Å². The summed E-state index contributed by atoms with van der Waals surface area (Å²) in [6.45, 7) is 2.57. The maximum atomic E-state index is 11.2. The lowest BCUT2D eigenvalue weighted by Crippen LogP contribution is -2.18. The molecule has 2 aromatic rings. The van der Waals surface area contributed by atoms with Crippen molar-refractivity contribution in [2.75, 3.05) is 0 Å². The van der Waals surface area contributed by atoms with E-state index in [0.29, 0.717) is 15.2 Å². The van der Waals surface area contributed by atoms with Gasteiger partial charge in [-0.2, -0.15) is 0 Å². The van der Waals surface area contributed by atoms with Crippen LogP contribution in [0, 0.1) is 0 Å². The van der Waals surface area contributed by atoms with Crippen LogP contribution in [0.2, 0.25) is 8.67 Å². The first kappa shape index (κ1) is 16.7. The second kappa shape index (κ2) is 6.64. The predicted octanol–water partition coefficient (Wildman–Crippen LogP) is 3.55. The summed E-state index contributed by atoms with van der Waals surface area (Å²) in [5.74, 6) is 0. The molecule has 4 nitrogen and oxygen atoms in total. The number of rotatable bonds is 5. The Kier molecular flexibility index (Phi) is 5.29. The van der Waals surface area contributed by atoms with Crippen molar-refractivity contribution < 1.29 is 8.42 Å². The van der Waals surface area contributed by atoms with Gasteiger partial charge in [0, 0.05) is 12.6 Å². The Morgan fingerprint density at radius 1 is 1.29 bits per heavy atom. The van der Waals surface area contributed by atoms with Crippen molar-refractivity contribution in [1.82, 2.24) is 5.32 Å². The van der Waals surface area contributed by atoms with E-state index in [9.17, 15) is 8.42 Å². The minimum Gasteiger partial charge on any atom is -0.306 e. The van der Waals surface area contributed by atoms with E-state index >= 15 is 0 Å². The number of nitrogens with two attached hydrogens (primary N) is 1. The maximum Gasteiger partial charge on any atom is 0.238 e. The number of hydrogen-bond donors (Lipinski definition) is 2. The molecular formula is C13H14Cl2N2O2S2. The number of hydrogen-bond acceptors (Lipinski definition) is 4. The number of thiophene rings is 1. The van der Waals surface area contributed by atoms with Crippen LogP contribution in [-0.4, -0.2) is 8.42 Å². The van der Waals surface area contributed by atoms with Gasteiger partial charge in [-0.15, -0.1) is 11.3 Å². The average Bonchev–Trinajstić information content (AvgIpc) is 2.74. The van der Waals surface area contributed by atoms with E-state index in [1.165, 1.54) is 23.5 Å². The second-order valence-corrected chi connectivity index (χ2v) is 8.42. The largest absolute Gasteiger partial charge is 0.306 e.